The summed E-state index contributed by atoms with van der Waals surface area (Å²) in [4.78, 5) is 17.2. The number of carbonyl (C=O) groups excluding carboxylic acids is 1. The van der Waals surface area contributed by atoms with Crippen molar-refractivity contribution in [2.24, 2.45) is 0 Å². The van der Waals surface area contributed by atoms with Crippen molar-refractivity contribution in [2.75, 3.05) is 13.7 Å². The molecule has 0 aliphatic heterocycles. The molecule has 2 heterocycles. The zero-order valence-electron chi connectivity index (χ0n) is 15.9. The van der Waals surface area contributed by atoms with Gasteiger partial charge in [0.2, 0.25) is 0 Å². The highest BCUT2D eigenvalue weighted by atomic mass is 32.1. The Morgan fingerprint density at radius 3 is 2.85 bits per heavy atom. The van der Waals surface area contributed by atoms with Gasteiger partial charge in [-0.15, -0.1) is 0 Å². The van der Waals surface area contributed by atoms with E-state index in [1.165, 1.54) is 0 Å². The normalized spacial score (nSPS) is 11.1. The minimum atomic E-state index is -0.150. The average molecular weight is 385 g/mol. The van der Waals surface area contributed by atoms with Gasteiger partial charge in [-0.25, -0.2) is 0 Å². The molecule has 3 rings (SSSR count). The third-order valence-electron chi connectivity index (χ3n) is 4.39. The number of rotatable bonds is 6. The van der Waals surface area contributed by atoms with E-state index in [4.69, 9.17) is 17.0 Å². The molecule has 142 valence electrons. The molecular weight excluding hydrogens is 362 g/mol. The Balaban J connectivity index is 1.73. The smallest absolute Gasteiger partial charge is 0.253 e. The Labute approximate surface area is 162 Å². The lowest BCUT2D eigenvalue weighted by Gasteiger charge is -2.11. The van der Waals surface area contributed by atoms with E-state index in [0.29, 0.717) is 29.0 Å². The molecule has 8 heteroatoms. The van der Waals surface area contributed by atoms with Gasteiger partial charge in [-0.1, -0.05) is 0 Å². The lowest BCUT2D eigenvalue weighted by Crippen LogP contribution is -2.27. The van der Waals surface area contributed by atoms with Crippen LogP contribution >= 0.6 is 12.2 Å². The molecule has 0 saturated carbocycles. The van der Waals surface area contributed by atoms with Gasteiger partial charge in [0.25, 0.3) is 5.91 Å². The van der Waals surface area contributed by atoms with Crippen LogP contribution in [-0.2, 0) is 6.42 Å². The van der Waals surface area contributed by atoms with Crippen molar-refractivity contribution in [3.8, 4) is 5.75 Å². The number of nitrogens with zero attached hydrogens (tertiary/aromatic N) is 3. The van der Waals surface area contributed by atoms with Crippen LogP contribution in [0.5, 0.6) is 5.75 Å². The third kappa shape index (κ3) is 4.00. The van der Waals surface area contributed by atoms with Crippen LogP contribution in [0.4, 0.5) is 0 Å². The highest BCUT2D eigenvalue weighted by molar-refractivity contribution is 7.71. The van der Waals surface area contributed by atoms with E-state index in [-0.39, 0.29) is 11.9 Å². The second-order valence-corrected chi connectivity index (χ2v) is 6.98. The molecule has 1 amide bonds. The minimum Gasteiger partial charge on any atom is -0.497 e. The highest BCUT2D eigenvalue weighted by Gasteiger charge is 2.13. The van der Waals surface area contributed by atoms with E-state index in [1.54, 1.807) is 7.11 Å². The summed E-state index contributed by atoms with van der Waals surface area (Å²) in [7, 11) is 1.62. The summed E-state index contributed by atoms with van der Waals surface area (Å²) in [5.41, 5.74) is 2.05. The van der Waals surface area contributed by atoms with Crippen LogP contribution in [0.25, 0.3) is 10.9 Å². The number of H-pyrrole nitrogens is 1. The molecule has 0 unspecified atom stereocenters. The number of nitrogens with one attached hydrogen (secondary N) is 2. The monoisotopic (exact) mass is 385 g/mol. The number of pyridine rings is 1. The van der Waals surface area contributed by atoms with Crippen molar-refractivity contribution in [2.45, 2.75) is 33.2 Å². The number of hydrogen-bond acceptors (Lipinski definition) is 5. The highest BCUT2D eigenvalue weighted by Crippen LogP contribution is 2.21. The van der Waals surface area contributed by atoms with E-state index >= 15 is 0 Å². The summed E-state index contributed by atoms with van der Waals surface area (Å²) < 4.78 is 7.78. The summed E-state index contributed by atoms with van der Waals surface area (Å²) in [6.07, 6.45) is 0.592. The minimum absolute atomic E-state index is 0.150. The summed E-state index contributed by atoms with van der Waals surface area (Å²) in [6, 6.07) is 7.69. The van der Waals surface area contributed by atoms with Gasteiger partial charge in [0.05, 0.1) is 23.9 Å². The first-order valence-corrected chi connectivity index (χ1v) is 9.21. The maximum Gasteiger partial charge on any atom is 0.253 e. The third-order valence-corrected chi connectivity index (χ3v) is 4.68. The molecule has 0 saturated heterocycles. The fourth-order valence-corrected chi connectivity index (χ4v) is 3.39. The van der Waals surface area contributed by atoms with E-state index < -0.39 is 0 Å². The molecule has 3 aromatic rings. The summed E-state index contributed by atoms with van der Waals surface area (Å²) >= 11 is 5.25. The molecule has 2 aromatic heterocycles. The van der Waals surface area contributed by atoms with Gasteiger partial charge in [-0.05, 0) is 51.2 Å². The maximum absolute atomic E-state index is 12.6. The van der Waals surface area contributed by atoms with E-state index in [1.807, 2.05) is 49.6 Å². The van der Waals surface area contributed by atoms with Crippen molar-refractivity contribution in [3.05, 3.63) is 46.1 Å². The fourth-order valence-electron chi connectivity index (χ4n) is 3.03. The van der Waals surface area contributed by atoms with Crippen LogP contribution in [0, 0.1) is 11.7 Å². The fraction of sp³-hybridized carbons (Fsp3) is 0.368. The Morgan fingerprint density at radius 2 is 2.15 bits per heavy atom. The van der Waals surface area contributed by atoms with Gasteiger partial charge in [-0.3, -0.25) is 14.9 Å². The number of benzene rings is 1. The quantitative estimate of drug-likeness (QED) is 0.636. The molecule has 0 bridgehead atoms. The van der Waals surface area contributed by atoms with Gasteiger partial charge < -0.3 is 14.6 Å². The largest absolute Gasteiger partial charge is 0.497 e. The maximum atomic E-state index is 12.6. The number of methoxy groups -OCH3 is 1. The first kappa shape index (κ1) is 19.0. The molecule has 7 nitrogen and oxygen atoms in total. The summed E-state index contributed by atoms with van der Waals surface area (Å²) in [5.74, 6) is 1.42. The van der Waals surface area contributed by atoms with Crippen molar-refractivity contribution in [3.63, 3.8) is 0 Å². The topological polar surface area (TPSA) is 84.8 Å². The molecule has 27 heavy (non-hydrogen) atoms. The Morgan fingerprint density at radius 1 is 1.37 bits per heavy atom. The molecule has 0 spiro atoms. The van der Waals surface area contributed by atoms with Crippen LogP contribution in [0.2, 0.25) is 0 Å². The number of hydrogen-bond donors (Lipinski definition) is 2. The van der Waals surface area contributed by atoms with Gasteiger partial charge in [-0.2, -0.15) is 5.10 Å². The first-order chi connectivity index (χ1) is 12.9. The van der Waals surface area contributed by atoms with Crippen LogP contribution in [-0.4, -0.2) is 39.3 Å². The predicted octanol–water partition coefficient (Wildman–Crippen LogP) is 3.36. The molecule has 0 radical (unpaired) electrons. The van der Waals surface area contributed by atoms with Crippen LogP contribution in [0.3, 0.4) is 0 Å². The van der Waals surface area contributed by atoms with E-state index in [0.717, 1.165) is 22.5 Å². The molecule has 2 N–H and O–H groups in total. The van der Waals surface area contributed by atoms with Crippen molar-refractivity contribution < 1.29 is 9.53 Å². The Hall–Kier alpha value is -2.74. The predicted molar refractivity (Wildman–Crippen MR) is 107 cm³/mol. The molecular formula is C19H23N5O2S. The Kier molecular flexibility index (Phi) is 5.55. The molecule has 0 fully saturated rings. The number of carbonyl (C=O) groups is 1. The number of aryl methyl sites for hydroxylation is 1. The number of fused-ring (bicyclic) bond motifs is 1. The van der Waals surface area contributed by atoms with E-state index in [9.17, 15) is 4.79 Å². The van der Waals surface area contributed by atoms with Crippen LogP contribution in [0.1, 0.15) is 41.8 Å². The zero-order valence-corrected chi connectivity index (χ0v) is 16.7. The first-order valence-electron chi connectivity index (χ1n) is 8.80. The standard InChI is InChI=1S/C19H23N5O2S/c1-11(2)24-17(22-23-19(24)27)7-8-20-18(25)15-9-13-5-6-14(26-4)10-16(13)21-12(15)3/h5-6,9-11H,7-8H2,1-4H3,(H,20,25)(H,23,27). The number of amides is 1. The number of aromatic nitrogens is 4. The lowest BCUT2D eigenvalue weighted by molar-refractivity contribution is 0.0953. The van der Waals surface area contributed by atoms with Crippen LogP contribution in [0.15, 0.2) is 24.3 Å². The molecule has 0 aliphatic rings. The van der Waals surface area contributed by atoms with Gasteiger partial charge >= 0.3 is 0 Å². The van der Waals surface area contributed by atoms with Crippen molar-refractivity contribution in [1.29, 1.82) is 0 Å². The SMILES string of the molecule is COc1ccc2cc(C(=O)NCCc3n[nH]c(=S)n3C(C)C)c(C)nc2c1. The lowest BCUT2D eigenvalue weighted by atomic mass is 10.1. The average Bonchev–Trinajstić information content (AvgIpc) is 3.01. The molecule has 1 aromatic carbocycles. The Bertz CT molecular complexity index is 1040. The molecule has 0 aliphatic carbocycles. The van der Waals surface area contributed by atoms with Crippen molar-refractivity contribution in [1.82, 2.24) is 25.1 Å². The van der Waals surface area contributed by atoms with Crippen molar-refractivity contribution >= 4 is 29.0 Å². The van der Waals surface area contributed by atoms with E-state index in [2.05, 4.69) is 20.5 Å². The second-order valence-electron chi connectivity index (χ2n) is 6.59. The van der Waals surface area contributed by atoms with Crippen LogP contribution < -0.4 is 10.1 Å². The summed E-state index contributed by atoms with van der Waals surface area (Å²) in [6.45, 7) is 6.39. The number of aromatic amines is 1. The van der Waals surface area contributed by atoms with Gasteiger partial charge in [0.15, 0.2) is 4.77 Å². The summed E-state index contributed by atoms with van der Waals surface area (Å²) in [5, 5.41) is 10.9. The molecule has 0 atom stereocenters. The number of ether oxygens (including phenoxy) is 1. The zero-order chi connectivity index (χ0) is 19.6. The van der Waals surface area contributed by atoms with Gasteiger partial charge in [0.1, 0.15) is 11.6 Å². The second kappa shape index (κ2) is 7.87. The van der Waals surface area contributed by atoms with Gasteiger partial charge in [0, 0.05) is 30.5 Å².